The summed E-state index contributed by atoms with van der Waals surface area (Å²) in [4.78, 5) is 4.51. The molecule has 1 aromatic heterocycles. The first-order valence-electron chi connectivity index (χ1n) is 6.81. The summed E-state index contributed by atoms with van der Waals surface area (Å²) in [5.74, 6) is -0.279. The Kier molecular flexibility index (Phi) is 4.35. The van der Waals surface area contributed by atoms with Crippen LogP contribution in [0, 0.1) is 5.82 Å². The van der Waals surface area contributed by atoms with Crippen molar-refractivity contribution in [3.63, 3.8) is 0 Å². The molecule has 2 aromatic carbocycles. The van der Waals surface area contributed by atoms with Crippen LogP contribution >= 0.6 is 11.3 Å². The summed E-state index contributed by atoms with van der Waals surface area (Å²) in [6.07, 6.45) is 0. The second-order valence-electron chi connectivity index (χ2n) is 4.96. The van der Waals surface area contributed by atoms with E-state index in [1.165, 1.54) is 36.6 Å². The zero-order valence-corrected chi connectivity index (χ0v) is 14.2. The molecule has 0 radical (unpaired) electrons. The van der Waals surface area contributed by atoms with Gasteiger partial charge in [0.1, 0.15) is 5.01 Å². The number of rotatable bonds is 4. The zero-order chi connectivity index (χ0) is 17.3. The van der Waals surface area contributed by atoms with E-state index in [1.54, 1.807) is 24.3 Å². The Bertz CT molecular complexity index is 983. The van der Waals surface area contributed by atoms with Crippen LogP contribution in [0.5, 0.6) is 5.75 Å². The van der Waals surface area contributed by atoms with Crippen molar-refractivity contribution < 1.29 is 17.5 Å². The Hall–Kier alpha value is -2.29. The maximum Gasteiger partial charge on any atom is 0.238 e. The minimum Gasteiger partial charge on any atom is -0.494 e. The van der Waals surface area contributed by atoms with Crippen LogP contribution in [-0.4, -0.2) is 20.5 Å². The molecular formula is C16H13FN2O3S2. The van der Waals surface area contributed by atoms with E-state index in [0.717, 1.165) is 5.56 Å². The number of nitrogens with zero attached hydrogens (tertiary/aromatic N) is 1. The van der Waals surface area contributed by atoms with Crippen molar-refractivity contribution in [3.05, 3.63) is 53.7 Å². The number of hydrogen-bond acceptors (Lipinski definition) is 5. The molecular weight excluding hydrogens is 351 g/mol. The van der Waals surface area contributed by atoms with E-state index in [0.29, 0.717) is 16.3 Å². The van der Waals surface area contributed by atoms with Gasteiger partial charge in [0, 0.05) is 16.5 Å². The average Bonchev–Trinajstić information content (AvgIpc) is 3.04. The molecule has 24 heavy (non-hydrogen) atoms. The molecule has 0 aliphatic carbocycles. The number of aromatic nitrogens is 1. The summed E-state index contributed by atoms with van der Waals surface area (Å²) < 4.78 is 41.2. The molecule has 2 N–H and O–H groups in total. The number of sulfonamides is 1. The van der Waals surface area contributed by atoms with E-state index < -0.39 is 15.8 Å². The molecule has 0 fully saturated rings. The van der Waals surface area contributed by atoms with Gasteiger partial charge < -0.3 is 4.74 Å². The third kappa shape index (κ3) is 3.30. The van der Waals surface area contributed by atoms with E-state index >= 15 is 0 Å². The van der Waals surface area contributed by atoms with Gasteiger partial charge in [0.05, 0.1) is 17.7 Å². The highest BCUT2D eigenvalue weighted by Crippen LogP contribution is 2.31. The van der Waals surface area contributed by atoms with Gasteiger partial charge in [-0.3, -0.25) is 0 Å². The molecule has 0 saturated heterocycles. The third-order valence-electron chi connectivity index (χ3n) is 3.38. The molecule has 0 bridgehead atoms. The Morgan fingerprint density at radius 1 is 1.12 bits per heavy atom. The van der Waals surface area contributed by atoms with E-state index in [2.05, 4.69) is 4.98 Å². The molecule has 5 nitrogen and oxygen atoms in total. The molecule has 3 rings (SSSR count). The second kappa shape index (κ2) is 6.31. The van der Waals surface area contributed by atoms with Crippen molar-refractivity contribution in [2.75, 3.05) is 7.11 Å². The van der Waals surface area contributed by atoms with Gasteiger partial charge in [0.2, 0.25) is 10.0 Å². The first-order chi connectivity index (χ1) is 11.4. The zero-order valence-electron chi connectivity index (χ0n) is 12.6. The van der Waals surface area contributed by atoms with E-state index in [1.807, 2.05) is 5.38 Å². The van der Waals surface area contributed by atoms with E-state index in [4.69, 9.17) is 9.88 Å². The minimum absolute atomic E-state index is 0.0407. The highest BCUT2D eigenvalue weighted by atomic mass is 32.2. The molecule has 0 unspecified atom stereocenters. The Morgan fingerprint density at radius 2 is 1.79 bits per heavy atom. The predicted octanol–water partition coefficient (Wildman–Crippen LogP) is 3.27. The van der Waals surface area contributed by atoms with Gasteiger partial charge in [0.25, 0.3) is 0 Å². The lowest BCUT2D eigenvalue weighted by Gasteiger charge is -2.03. The Morgan fingerprint density at radius 3 is 2.38 bits per heavy atom. The highest BCUT2D eigenvalue weighted by molar-refractivity contribution is 7.89. The van der Waals surface area contributed by atoms with Crippen molar-refractivity contribution in [2.24, 2.45) is 5.14 Å². The first-order valence-corrected chi connectivity index (χ1v) is 9.24. The van der Waals surface area contributed by atoms with E-state index in [-0.39, 0.29) is 10.6 Å². The van der Waals surface area contributed by atoms with Gasteiger partial charge in [-0.05, 0) is 30.3 Å². The van der Waals surface area contributed by atoms with Crippen molar-refractivity contribution in [1.29, 1.82) is 0 Å². The summed E-state index contributed by atoms with van der Waals surface area (Å²) in [5.41, 5.74) is 2.07. The highest BCUT2D eigenvalue weighted by Gasteiger charge is 2.11. The Balaban J connectivity index is 1.92. The lowest BCUT2D eigenvalue weighted by Crippen LogP contribution is -2.11. The van der Waals surface area contributed by atoms with Crippen molar-refractivity contribution >= 4 is 21.4 Å². The van der Waals surface area contributed by atoms with Gasteiger partial charge in [-0.2, -0.15) is 0 Å². The van der Waals surface area contributed by atoms with Gasteiger partial charge in [0.15, 0.2) is 11.6 Å². The number of hydrogen-bond donors (Lipinski definition) is 1. The van der Waals surface area contributed by atoms with Crippen LogP contribution in [0.2, 0.25) is 0 Å². The Labute approximate surface area is 142 Å². The number of thiazole rings is 1. The lowest BCUT2D eigenvalue weighted by atomic mass is 10.2. The number of primary sulfonamides is 1. The average molecular weight is 364 g/mol. The quantitative estimate of drug-likeness (QED) is 0.770. The van der Waals surface area contributed by atoms with Crippen LogP contribution in [0.15, 0.2) is 52.7 Å². The summed E-state index contributed by atoms with van der Waals surface area (Å²) in [6, 6.07) is 10.8. The first kappa shape index (κ1) is 16.6. The molecule has 0 spiro atoms. The van der Waals surface area contributed by atoms with Crippen LogP contribution in [-0.2, 0) is 10.0 Å². The van der Waals surface area contributed by atoms with Gasteiger partial charge in [-0.1, -0.05) is 12.1 Å². The monoisotopic (exact) mass is 364 g/mol. The number of halogens is 1. The smallest absolute Gasteiger partial charge is 0.238 e. The van der Waals surface area contributed by atoms with Gasteiger partial charge >= 0.3 is 0 Å². The van der Waals surface area contributed by atoms with E-state index in [9.17, 15) is 12.8 Å². The lowest BCUT2D eigenvalue weighted by molar-refractivity contribution is 0.386. The molecule has 3 aromatic rings. The maximum absolute atomic E-state index is 13.8. The van der Waals surface area contributed by atoms with Crippen LogP contribution in [0.25, 0.3) is 21.8 Å². The molecule has 0 atom stereocenters. The van der Waals surface area contributed by atoms with Gasteiger partial charge in [-0.15, -0.1) is 11.3 Å². The fourth-order valence-corrected chi connectivity index (χ4v) is 3.50. The summed E-state index contributed by atoms with van der Waals surface area (Å²) in [7, 11) is -2.31. The molecule has 124 valence electrons. The minimum atomic E-state index is -3.72. The topological polar surface area (TPSA) is 82.3 Å². The van der Waals surface area contributed by atoms with Crippen molar-refractivity contribution in [2.45, 2.75) is 4.90 Å². The normalized spacial score (nSPS) is 11.5. The summed E-state index contributed by atoms with van der Waals surface area (Å²) in [5, 5.41) is 7.55. The standard InChI is InChI=1S/C16H13FN2O3S2/c1-22-15-7-4-11(8-13(15)17)16-19-14(9-23-16)10-2-5-12(6-3-10)24(18,20)21/h2-9H,1H3,(H2,18,20,21). The number of methoxy groups -OCH3 is 1. The number of ether oxygens (including phenoxy) is 1. The molecule has 8 heteroatoms. The fraction of sp³-hybridized carbons (Fsp3) is 0.0625. The van der Waals surface area contributed by atoms with Crippen LogP contribution in [0.1, 0.15) is 0 Å². The molecule has 0 saturated carbocycles. The van der Waals surface area contributed by atoms with Crippen LogP contribution in [0.4, 0.5) is 4.39 Å². The predicted molar refractivity (Wildman–Crippen MR) is 90.9 cm³/mol. The van der Waals surface area contributed by atoms with Crippen LogP contribution < -0.4 is 9.88 Å². The van der Waals surface area contributed by atoms with Crippen molar-refractivity contribution in [1.82, 2.24) is 4.98 Å². The third-order valence-corrected chi connectivity index (χ3v) is 5.20. The summed E-state index contributed by atoms with van der Waals surface area (Å²) >= 11 is 1.37. The van der Waals surface area contributed by atoms with Crippen molar-refractivity contribution in [3.8, 4) is 27.6 Å². The fourth-order valence-electron chi connectivity index (χ4n) is 2.15. The largest absolute Gasteiger partial charge is 0.494 e. The van der Waals surface area contributed by atoms with Gasteiger partial charge in [-0.25, -0.2) is 22.9 Å². The maximum atomic E-state index is 13.8. The van der Waals surface area contributed by atoms with Crippen LogP contribution in [0.3, 0.4) is 0 Å². The SMILES string of the molecule is COc1ccc(-c2nc(-c3ccc(S(N)(=O)=O)cc3)cs2)cc1F. The molecule has 0 aliphatic rings. The molecule has 1 heterocycles. The molecule has 0 aliphatic heterocycles. The molecule has 0 amide bonds. The number of benzene rings is 2. The second-order valence-corrected chi connectivity index (χ2v) is 7.38. The summed E-state index contributed by atoms with van der Waals surface area (Å²) in [6.45, 7) is 0. The number of nitrogens with two attached hydrogens (primary N) is 1.